The molecule has 5 heteroatoms. The van der Waals surface area contributed by atoms with Crippen molar-refractivity contribution in [3.63, 3.8) is 0 Å². The van der Waals surface area contributed by atoms with Crippen LogP contribution in [0.3, 0.4) is 0 Å². The van der Waals surface area contributed by atoms with E-state index in [9.17, 15) is 4.79 Å². The normalized spacial score (nSPS) is 12.6. The maximum absolute atomic E-state index is 10.7. The van der Waals surface area contributed by atoms with Gasteiger partial charge in [-0.15, -0.1) is 0 Å². The van der Waals surface area contributed by atoms with E-state index < -0.39 is 0 Å². The quantitative estimate of drug-likeness (QED) is 0.777. The lowest BCUT2D eigenvalue weighted by atomic mass is 10.2. The number of hydrogen-bond donors (Lipinski definition) is 1. The van der Waals surface area contributed by atoms with Crippen LogP contribution in [0, 0.1) is 0 Å². The Bertz CT molecular complexity index is 392. The molecule has 1 aromatic carbocycles. The molecule has 0 aromatic heterocycles. The van der Waals surface area contributed by atoms with Crippen LogP contribution < -0.4 is 20.1 Å². The monoisotopic (exact) mass is 208 g/mol. The number of nitrogens with zero attached hydrogens (tertiary/aromatic N) is 1. The van der Waals surface area contributed by atoms with Crippen LogP contribution in [0.2, 0.25) is 0 Å². The van der Waals surface area contributed by atoms with Gasteiger partial charge in [0.25, 0.3) is 0 Å². The van der Waals surface area contributed by atoms with Gasteiger partial charge in [-0.2, -0.15) is 0 Å². The van der Waals surface area contributed by atoms with Gasteiger partial charge in [0.05, 0.1) is 6.54 Å². The van der Waals surface area contributed by atoms with Gasteiger partial charge in [0, 0.05) is 18.8 Å². The molecule has 0 radical (unpaired) electrons. The van der Waals surface area contributed by atoms with E-state index in [-0.39, 0.29) is 19.2 Å². The molecule has 15 heavy (non-hydrogen) atoms. The lowest BCUT2D eigenvalue weighted by Crippen LogP contribution is -2.30. The molecule has 0 spiro atoms. The minimum Gasteiger partial charge on any atom is -0.454 e. The van der Waals surface area contributed by atoms with Gasteiger partial charge in [0.2, 0.25) is 12.7 Å². The maximum Gasteiger partial charge on any atom is 0.236 e. The summed E-state index contributed by atoms with van der Waals surface area (Å²) in [5.74, 6) is 1.06. The number of hydrogen-bond acceptors (Lipinski definition) is 4. The van der Waals surface area contributed by atoms with Crippen molar-refractivity contribution in [2.45, 2.75) is 0 Å². The fourth-order valence-electron chi connectivity index (χ4n) is 1.45. The minimum absolute atomic E-state index is 0.180. The Morgan fingerprint density at radius 1 is 1.47 bits per heavy atom. The third-order valence-corrected chi connectivity index (χ3v) is 2.19. The lowest BCUT2D eigenvalue weighted by Gasteiger charge is -2.17. The highest BCUT2D eigenvalue weighted by molar-refractivity contribution is 5.79. The summed E-state index contributed by atoms with van der Waals surface area (Å²) in [4.78, 5) is 12.5. The zero-order valence-electron chi connectivity index (χ0n) is 8.40. The largest absolute Gasteiger partial charge is 0.454 e. The molecule has 0 fully saturated rings. The molecule has 1 aromatic rings. The summed E-state index contributed by atoms with van der Waals surface area (Å²) in [5, 5.41) is 0. The molecular formula is C10H12N2O3. The number of fused-ring (bicyclic) bond motifs is 1. The first kappa shape index (κ1) is 9.64. The highest BCUT2D eigenvalue weighted by Crippen LogP contribution is 2.34. The van der Waals surface area contributed by atoms with E-state index in [1.165, 1.54) is 0 Å². The fraction of sp³-hybridized carbons (Fsp3) is 0.300. The summed E-state index contributed by atoms with van der Waals surface area (Å²) in [6.45, 7) is 0.429. The van der Waals surface area contributed by atoms with E-state index in [1.54, 1.807) is 11.9 Å². The second kappa shape index (κ2) is 3.68. The third-order valence-electron chi connectivity index (χ3n) is 2.19. The number of rotatable bonds is 3. The van der Waals surface area contributed by atoms with E-state index in [0.29, 0.717) is 5.75 Å². The number of primary amides is 1. The molecular weight excluding hydrogens is 196 g/mol. The van der Waals surface area contributed by atoms with Crippen molar-refractivity contribution >= 4 is 11.6 Å². The first-order valence-electron chi connectivity index (χ1n) is 4.56. The van der Waals surface area contributed by atoms with E-state index >= 15 is 0 Å². The zero-order valence-corrected chi connectivity index (χ0v) is 8.40. The summed E-state index contributed by atoms with van der Waals surface area (Å²) >= 11 is 0. The number of ether oxygens (including phenoxy) is 2. The molecule has 2 N–H and O–H groups in total. The summed E-state index contributed by atoms with van der Waals surface area (Å²) in [6, 6.07) is 5.50. The topological polar surface area (TPSA) is 64.8 Å². The Hall–Kier alpha value is -1.91. The van der Waals surface area contributed by atoms with Crippen LogP contribution in [0.4, 0.5) is 5.69 Å². The Balaban J connectivity index is 2.19. The molecule has 80 valence electrons. The third kappa shape index (κ3) is 1.96. The predicted molar refractivity (Wildman–Crippen MR) is 55.0 cm³/mol. The maximum atomic E-state index is 10.7. The van der Waals surface area contributed by atoms with Crippen LogP contribution >= 0.6 is 0 Å². The molecule has 1 aliphatic heterocycles. The lowest BCUT2D eigenvalue weighted by molar-refractivity contribution is -0.116. The van der Waals surface area contributed by atoms with Gasteiger partial charge in [-0.25, -0.2) is 0 Å². The molecule has 1 heterocycles. The van der Waals surface area contributed by atoms with Crippen molar-refractivity contribution < 1.29 is 14.3 Å². The highest BCUT2D eigenvalue weighted by atomic mass is 16.7. The molecule has 0 aliphatic carbocycles. The standard InChI is InChI=1S/C10H12N2O3/c1-12(5-10(11)13)7-2-3-8-9(4-7)15-6-14-8/h2-4H,5-6H2,1H3,(H2,11,13). The highest BCUT2D eigenvalue weighted by Gasteiger charge is 2.14. The van der Waals surface area contributed by atoms with Crippen LogP contribution in [-0.2, 0) is 4.79 Å². The number of nitrogens with two attached hydrogens (primary N) is 1. The van der Waals surface area contributed by atoms with Crippen LogP contribution in [0.5, 0.6) is 11.5 Å². The first-order chi connectivity index (χ1) is 7.16. The second-order valence-electron chi connectivity index (χ2n) is 3.36. The number of amides is 1. The molecule has 0 saturated heterocycles. The number of anilines is 1. The van der Waals surface area contributed by atoms with E-state index in [2.05, 4.69) is 0 Å². The smallest absolute Gasteiger partial charge is 0.236 e. The van der Waals surface area contributed by atoms with Crippen molar-refractivity contribution in [2.75, 3.05) is 25.3 Å². The van der Waals surface area contributed by atoms with Crippen LogP contribution in [0.1, 0.15) is 0 Å². The average Bonchev–Trinajstić information content (AvgIpc) is 2.62. The summed E-state index contributed by atoms with van der Waals surface area (Å²) < 4.78 is 10.4. The molecule has 1 amide bonds. The van der Waals surface area contributed by atoms with Gasteiger partial charge < -0.3 is 20.1 Å². The van der Waals surface area contributed by atoms with E-state index in [1.807, 2.05) is 18.2 Å². The van der Waals surface area contributed by atoms with E-state index in [0.717, 1.165) is 11.4 Å². The second-order valence-corrected chi connectivity index (χ2v) is 3.36. The van der Waals surface area contributed by atoms with Gasteiger partial charge >= 0.3 is 0 Å². The number of likely N-dealkylation sites (N-methyl/N-ethyl adjacent to an activating group) is 1. The Morgan fingerprint density at radius 2 is 2.20 bits per heavy atom. The van der Waals surface area contributed by atoms with E-state index in [4.69, 9.17) is 15.2 Å². The van der Waals surface area contributed by atoms with Crippen molar-refractivity contribution in [1.29, 1.82) is 0 Å². The molecule has 5 nitrogen and oxygen atoms in total. The summed E-state index contributed by atoms with van der Waals surface area (Å²) in [5.41, 5.74) is 5.98. The number of carbonyl (C=O) groups excluding carboxylic acids is 1. The van der Waals surface area contributed by atoms with Crippen molar-refractivity contribution in [2.24, 2.45) is 5.73 Å². The molecule has 2 rings (SSSR count). The van der Waals surface area contributed by atoms with Crippen molar-refractivity contribution in [3.8, 4) is 11.5 Å². The molecule has 0 unspecified atom stereocenters. The SMILES string of the molecule is CN(CC(N)=O)c1ccc2c(c1)OCO2. The molecule has 1 aliphatic rings. The molecule has 0 saturated carbocycles. The fourth-order valence-corrected chi connectivity index (χ4v) is 1.45. The van der Waals surface area contributed by atoms with Gasteiger partial charge in [0.1, 0.15) is 0 Å². The van der Waals surface area contributed by atoms with Crippen molar-refractivity contribution in [1.82, 2.24) is 0 Å². The van der Waals surface area contributed by atoms with Gasteiger partial charge in [0.15, 0.2) is 11.5 Å². The predicted octanol–water partition coefficient (Wildman–Crippen LogP) is 0.337. The number of benzene rings is 1. The zero-order chi connectivity index (χ0) is 10.8. The number of carbonyl (C=O) groups is 1. The van der Waals surface area contributed by atoms with Gasteiger partial charge in [-0.1, -0.05) is 0 Å². The van der Waals surface area contributed by atoms with Gasteiger partial charge in [-0.05, 0) is 12.1 Å². The van der Waals surface area contributed by atoms with Gasteiger partial charge in [-0.3, -0.25) is 4.79 Å². The first-order valence-corrected chi connectivity index (χ1v) is 4.56. The Labute approximate surface area is 87.4 Å². The van der Waals surface area contributed by atoms with Crippen molar-refractivity contribution in [3.05, 3.63) is 18.2 Å². The molecule has 0 bridgehead atoms. The van der Waals surface area contributed by atoms with Crippen LogP contribution in [0.25, 0.3) is 0 Å². The molecule has 0 atom stereocenters. The minimum atomic E-state index is -0.366. The average molecular weight is 208 g/mol. The summed E-state index contributed by atoms with van der Waals surface area (Å²) in [6.07, 6.45) is 0. The van der Waals surface area contributed by atoms with Crippen LogP contribution in [0.15, 0.2) is 18.2 Å². The van der Waals surface area contributed by atoms with Crippen LogP contribution in [-0.4, -0.2) is 26.3 Å². The Kier molecular flexibility index (Phi) is 2.37. The summed E-state index contributed by atoms with van der Waals surface area (Å²) in [7, 11) is 1.79. The Morgan fingerprint density at radius 3 is 2.93 bits per heavy atom.